The number of nitrogens with zero attached hydrogens (tertiary/aromatic N) is 2. The number of benzene rings is 2. The van der Waals surface area contributed by atoms with Crippen molar-refractivity contribution in [3.8, 4) is 11.5 Å². The highest BCUT2D eigenvalue weighted by Crippen LogP contribution is 2.32. The highest BCUT2D eigenvalue weighted by Gasteiger charge is 2.15. The van der Waals surface area contributed by atoms with Crippen molar-refractivity contribution in [1.82, 2.24) is 4.57 Å². The average Bonchev–Trinajstić information content (AvgIpc) is 3.18. The molecule has 3 aromatic rings. The standard InChI is InChI=1S/C20H16N2O5S/c1-25-19(24)17-10-18(23)22(20(28-17)21-14-5-3-2-4-6-14)11-13-7-8-15-16(9-13)27-12-26-15/h2-10H,11-12H2,1H3. The van der Waals surface area contributed by atoms with E-state index in [0.29, 0.717) is 22.0 Å². The second-order valence-electron chi connectivity index (χ2n) is 5.94. The minimum Gasteiger partial charge on any atom is -0.465 e. The molecule has 0 N–H and O–H groups in total. The molecule has 0 spiro atoms. The molecule has 0 atom stereocenters. The van der Waals surface area contributed by atoms with Gasteiger partial charge in [-0.1, -0.05) is 35.6 Å². The number of rotatable bonds is 4. The van der Waals surface area contributed by atoms with Crippen LogP contribution in [0.5, 0.6) is 11.5 Å². The lowest BCUT2D eigenvalue weighted by atomic mass is 10.2. The molecule has 0 bridgehead atoms. The van der Waals surface area contributed by atoms with Crippen LogP contribution < -0.4 is 19.8 Å². The lowest BCUT2D eigenvalue weighted by molar-refractivity contribution is 0.0605. The van der Waals surface area contributed by atoms with Gasteiger partial charge in [-0.25, -0.2) is 9.79 Å². The fraction of sp³-hybridized carbons (Fsp3) is 0.150. The lowest BCUT2D eigenvalue weighted by Gasteiger charge is -2.08. The van der Waals surface area contributed by atoms with E-state index in [4.69, 9.17) is 14.2 Å². The van der Waals surface area contributed by atoms with Gasteiger partial charge in [0.2, 0.25) is 6.79 Å². The first-order valence-electron chi connectivity index (χ1n) is 8.45. The van der Waals surface area contributed by atoms with Gasteiger partial charge in [-0.05, 0) is 29.8 Å². The Morgan fingerprint density at radius 3 is 2.71 bits per heavy atom. The first kappa shape index (κ1) is 18.0. The Bertz CT molecular complexity index is 1150. The van der Waals surface area contributed by atoms with Crippen LogP contribution in [-0.2, 0) is 11.3 Å². The van der Waals surface area contributed by atoms with Crippen molar-refractivity contribution < 1.29 is 19.0 Å². The van der Waals surface area contributed by atoms with Crippen molar-refractivity contribution in [1.29, 1.82) is 0 Å². The Morgan fingerprint density at radius 2 is 1.93 bits per heavy atom. The van der Waals surface area contributed by atoms with E-state index in [1.807, 2.05) is 48.5 Å². The van der Waals surface area contributed by atoms with Crippen molar-refractivity contribution in [3.63, 3.8) is 0 Å². The maximum absolute atomic E-state index is 12.8. The summed E-state index contributed by atoms with van der Waals surface area (Å²) in [6.45, 7) is 0.461. The Hall–Kier alpha value is -3.39. The van der Waals surface area contributed by atoms with E-state index in [9.17, 15) is 9.59 Å². The Kier molecular flexibility index (Phi) is 4.94. The highest BCUT2D eigenvalue weighted by molar-refractivity contribution is 7.11. The van der Waals surface area contributed by atoms with Gasteiger partial charge in [0.05, 0.1) is 19.3 Å². The van der Waals surface area contributed by atoms with Crippen LogP contribution in [0.3, 0.4) is 0 Å². The van der Waals surface area contributed by atoms with Gasteiger partial charge in [0.25, 0.3) is 5.56 Å². The van der Waals surface area contributed by atoms with Crippen LogP contribution in [0.1, 0.15) is 15.2 Å². The average molecular weight is 396 g/mol. The maximum Gasteiger partial charge on any atom is 0.348 e. The van der Waals surface area contributed by atoms with Gasteiger partial charge in [-0.3, -0.25) is 9.36 Å². The van der Waals surface area contributed by atoms with Crippen LogP contribution in [-0.4, -0.2) is 24.4 Å². The number of aromatic nitrogens is 1. The number of fused-ring (bicyclic) bond motifs is 1. The molecular formula is C20H16N2O5S. The molecule has 142 valence electrons. The third-order valence-corrected chi connectivity index (χ3v) is 5.10. The van der Waals surface area contributed by atoms with Gasteiger partial charge in [-0.2, -0.15) is 0 Å². The summed E-state index contributed by atoms with van der Waals surface area (Å²) < 4.78 is 17.0. The summed E-state index contributed by atoms with van der Waals surface area (Å²) >= 11 is 1.10. The number of methoxy groups -OCH3 is 1. The summed E-state index contributed by atoms with van der Waals surface area (Å²) in [5.41, 5.74) is 1.19. The molecule has 8 heteroatoms. The highest BCUT2D eigenvalue weighted by atomic mass is 32.1. The van der Waals surface area contributed by atoms with E-state index < -0.39 is 5.97 Å². The van der Waals surface area contributed by atoms with E-state index >= 15 is 0 Å². The van der Waals surface area contributed by atoms with Gasteiger partial charge >= 0.3 is 5.97 Å². The number of esters is 1. The second kappa shape index (κ2) is 7.69. The molecule has 0 fully saturated rings. The quantitative estimate of drug-likeness (QED) is 0.634. The SMILES string of the molecule is COC(=O)c1cc(=O)n(Cc2ccc3c(c2)OCO3)c(=Nc2ccccc2)s1. The lowest BCUT2D eigenvalue weighted by Crippen LogP contribution is -2.33. The molecule has 2 aromatic carbocycles. The molecule has 0 saturated carbocycles. The largest absolute Gasteiger partial charge is 0.465 e. The molecule has 0 radical (unpaired) electrons. The summed E-state index contributed by atoms with van der Waals surface area (Å²) in [5, 5.41) is 0. The number of para-hydroxylation sites is 1. The summed E-state index contributed by atoms with van der Waals surface area (Å²) in [5.74, 6) is 0.748. The predicted molar refractivity (Wildman–Crippen MR) is 103 cm³/mol. The minimum absolute atomic E-state index is 0.184. The van der Waals surface area contributed by atoms with E-state index in [-0.39, 0.29) is 23.8 Å². The normalized spacial score (nSPS) is 12.8. The molecule has 0 aliphatic carbocycles. The fourth-order valence-electron chi connectivity index (χ4n) is 2.73. The van der Waals surface area contributed by atoms with Crippen molar-refractivity contribution in [2.45, 2.75) is 6.54 Å². The zero-order valence-corrected chi connectivity index (χ0v) is 15.8. The zero-order chi connectivity index (χ0) is 19.5. The summed E-state index contributed by atoms with van der Waals surface area (Å²) in [7, 11) is 1.28. The third kappa shape index (κ3) is 3.67. The summed E-state index contributed by atoms with van der Waals surface area (Å²) in [6.07, 6.45) is 0. The molecule has 1 aliphatic heterocycles. The van der Waals surface area contributed by atoms with Crippen LogP contribution in [0.25, 0.3) is 0 Å². The monoisotopic (exact) mass is 396 g/mol. The smallest absolute Gasteiger partial charge is 0.348 e. The van der Waals surface area contributed by atoms with Crippen LogP contribution in [0.15, 0.2) is 64.4 Å². The zero-order valence-electron chi connectivity index (χ0n) is 15.0. The van der Waals surface area contributed by atoms with E-state index in [1.54, 1.807) is 0 Å². The van der Waals surface area contributed by atoms with E-state index in [1.165, 1.54) is 17.7 Å². The first-order chi connectivity index (χ1) is 13.6. The van der Waals surface area contributed by atoms with Gasteiger partial charge in [0, 0.05) is 6.07 Å². The Morgan fingerprint density at radius 1 is 1.14 bits per heavy atom. The molecule has 1 aromatic heterocycles. The molecule has 0 unspecified atom stereocenters. The molecule has 2 heterocycles. The molecule has 4 rings (SSSR count). The number of carbonyl (C=O) groups is 1. The van der Waals surface area contributed by atoms with Crippen molar-refractivity contribution in [2.24, 2.45) is 4.99 Å². The fourth-order valence-corrected chi connectivity index (χ4v) is 3.67. The molecule has 7 nitrogen and oxygen atoms in total. The Labute approximate surface area is 164 Å². The predicted octanol–water partition coefficient (Wildman–Crippen LogP) is 2.71. The summed E-state index contributed by atoms with van der Waals surface area (Å²) in [4.78, 5) is 29.9. The van der Waals surface area contributed by atoms with Crippen molar-refractivity contribution in [2.75, 3.05) is 13.9 Å². The first-order valence-corrected chi connectivity index (χ1v) is 9.27. The van der Waals surface area contributed by atoms with Gasteiger partial charge < -0.3 is 14.2 Å². The van der Waals surface area contributed by atoms with Crippen LogP contribution in [0.4, 0.5) is 5.69 Å². The Balaban J connectivity index is 1.82. The number of carbonyl (C=O) groups excluding carboxylic acids is 1. The van der Waals surface area contributed by atoms with Crippen molar-refractivity contribution in [3.05, 3.63) is 80.2 Å². The molecule has 0 amide bonds. The third-order valence-electron chi connectivity index (χ3n) is 4.10. The van der Waals surface area contributed by atoms with Crippen LogP contribution in [0.2, 0.25) is 0 Å². The molecular weight excluding hydrogens is 380 g/mol. The van der Waals surface area contributed by atoms with Crippen LogP contribution in [0, 0.1) is 0 Å². The molecule has 28 heavy (non-hydrogen) atoms. The maximum atomic E-state index is 12.8. The van der Waals surface area contributed by atoms with Crippen LogP contribution >= 0.6 is 11.3 Å². The van der Waals surface area contributed by atoms with E-state index in [2.05, 4.69) is 4.99 Å². The molecule has 0 saturated heterocycles. The van der Waals surface area contributed by atoms with Gasteiger partial charge in [0.1, 0.15) is 4.88 Å². The second-order valence-corrected chi connectivity index (χ2v) is 6.95. The van der Waals surface area contributed by atoms with Gasteiger partial charge in [0.15, 0.2) is 16.3 Å². The minimum atomic E-state index is -0.568. The number of hydrogen-bond donors (Lipinski definition) is 0. The topological polar surface area (TPSA) is 79.1 Å². The van der Waals surface area contributed by atoms with E-state index in [0.717, 1.165) is 16.9 Å². The van der Waals surface area contributed by atoms with Gasteiger partial charge in [-0.15, -0.1) is 0 Å². The molecule has 1 aliphatic rings. The number of ether oxygens (including phenoxy) is 3. The number of hydrogen-bond acceptors (Lipinski definition) is 7. The summed E-state index contributed by atoms with van der Waals surface area (Å²) in [6, 6.07) is 16.0. The van der Waals surface area contributed by atoms with Crippen molar-refractivity contribution >= 4 is 23.0 Å².